The Kier molecular flexibility index (Phi) is 4.80. The lowest BCUT2D eigenvalue weighted by Gasteiger charge is -2.11. The van der Waals surface area contributed by atoms with Crippen LogP contribution in [0.5, 0.6) is 0 Å². The molecule has 0 bridgehead atoms. The van der Waals surface area contributed by atoms with Gasteiger partial charge in [-0.05, 0) is 19.1 Å². The number of halogens is 1. The third-order valence-electron chi connectivity index (χ3n) is 4.09. The quantitative estimate of drug-likeness (QED) is 0.499. The molecule has 0 aliphatic rings. The first-order valence-electron chi connectivity index (χ1n) is 8.15. The van der Waals surface area contributed by atoms with Crippen molar-refractivity contribution in [2.75, 3.05) is 0 Å². The average molecular weight is 402 g/mol. The maximum atomic E-state index is 12.5. The molecule has 0 saturated heterocycles. The molecule has 0 saturated carbocycles. The molecule has 132 valence electrons. The number of carbonyl (C=O) groups excluding carboxylic acids is 1. The minimum Gasteiger partial charge on any atom is -0.348 e. The summed E-state index contributed by atoms with van der Waals surface area (Å²) < 4.78 is 2.73. The number of thiazole rings is 1. The first kappa shape index (κ1) is 17.3. The number of hydrogen-bond donors (Lipinski definition) is 1. The summed E-state index contributed by atoms with van der Waals surface area (Å²) in [4.78, 5) is 19.1. The predicted molar refractivity (Wildman–Crippen MR) is 108 cm³/mol. The van der Waals surface area contributed by atoms with Gasteiger partial charge in [0.05, 0.1) is 22.5 Å². The molecule has 0 spiro atoms. The molecule has 1 atom stereocenters. The first-order chi connectivity index (χ1) is 12.6. The zero-order valence-corrected chi connectivity index (χ0v) is 16.4. The summed E-state index contributed by atoms with van der Waals surface area (Å²) in [7, 11) is 0. The van der Waals surface area contributed by atoms with Gasteiger partial charge in [0.2, 0.25) is 5.91 Å². The van der Waals surface area contributed by atoms with E-state index in [9.17, 15) is 4.79 Å². The van der Waals surface area contributed by atoms with Gasteiger partial charge in [-0.3, -0.25) is 9.20 Å². The van der Waals surface area contributed by atoms with Crippen molar-refractivity contribution in [1.29, 1.82) is 0 Å². The van der Waals surface area contributed by atoms with Gasteiger partial charge in [0.25, 0.3) is 0 Å². The van der Waals surface area contributed by atoms with Crippen LogP contribution in [0.2, 0.25) is 4.34 Å². The van der Waals surface area contributed by atoms with E-state index in [1.54, 1.807) is 11.3 Å². The second-order valence-electron chi connectivity index (χ2n) is 5.98. The highest BCUT2D eigenvalue weighted by molar-refractivity contribution is 7.16. The monoisotopic (exact) mass is 401 g/mol. The van der Waals surface area contributed by atoms with Crippen molar-refractivity contribution in [1.82, 2.24) is 14.7 Å². The molecule has 4 rings (SSSR count). The van der Waals surface area contributed by atoms with Crippen LogP contribution in [0.3, 0.4) is 0 Å². The van der Waals surface area contributed by atoms with E-state index >= 15 is 0 Å². The highest BCUT2D eigenvalue weighted by Crippen LogP contribution is 2.27. The van der Waals surface area contributed by atoms with Gasteiger partial charge < -0.3 is 5.32 Å². The van der Waals surface area contributed by atoms with Crippen molar-refractivity contribution in [3.63, 3.8) is 0 Å². The van der Waals surface area contributed by atoms with Crippen molar-refractivity contribution in [3.8, 4) is 11.3 Å². The van der Waals surface area contributed by atoms with Gasteiger partial charge in [0.1, 0.15) is 0 Å². The number of thiophene rings is 1. The maximum Gasteiger partial charge on any atom is 0.226 e. The van der Waals surface area contributed by atoms with Crippen molar-refractivity contribution in [2.24, 2.45) is 0 Å². The molecule has 3 heterocycles. The van der Waals surface area contributed by atoms with Crippen LogP contribution in [-0.2, 0) is 11.2 Å². The van der Waals surface area contributed by atoms with E-state index in [0.29, 0.717) is 6.42 Å². The van der Waals surface area contributed by atoms with Crippen LogP contribution in [0.25, 0.3) is 16.2 Å². The van der Waals surface area contributed by atoms with Crippen LogP contribution in [0.4, 0.5) is 0 Å². The lowest BCUT2D eigenvalue weighted by molar-refractivity contribution is -0.121. The average Bonchev–Trinajstić information content (AvgIpc) is 3.33. The van der Waals surface area contributed by atoms with Crippen LogP contribution < -0.4 is 5.32 Å². The second kappa shape index (κ2) is 7.23. The van der Waals surface area contributed by atoms with Gasteiger partial charge in [-0.2, -0.15) is 0 Å². The Labute approximate surface area is 164 Å². The molecule has 1 unspecified atom stereocenters. The number of rotatable bonds is 5. The largest absolute Gasteiger partial charge is 0.348 e. The Hall–Kier alpha value is -2.15. The molecule has 4 aromatic rings. The fourth-order valence-electron chi connectivity index (χ4n) is 2.79. The zero-order valence-electron chi connectivity index (χ0n) is 14.0. The molecule has 0 fully saturated rings. The maximum absolute atomic E-state index is 12.5. The molecule has 0 aliphatic heterocycles. The van der Waals surface area contributed by atoms with Crippen molar-refractivity contribution in [2.45, 2.75) is 19.4 Å². The molecule has 0 radical (unpaired) electrons. The molecule has 0 aliphatic carbocycles. The lowest BCUT2D eigenvalue weighted by Crippen LogP contribution is -2.27. The molecular weight excluding hydrogens is 386 g/mol. The molecule has 3 aromatic heterocycles. The Morgan fingerprint density at radius 1 is 1.27 bits per heavy atom. The second-order valence-corrected chi connectivity index (χ2v) is 8.56. The third kappa shape index (κ3) is 3.53. The molecule has 7 heteroatoms. The van der Waals surface area contributed by atoms with Crippen molar-refractivity contribution >= 4 is 45.1 Å². The summed E-state index contributed by atoms with van der Waals surface area (Å²) in [6, 6.07) is 13.8. The van der Waals surface area contributed by atoms with Gasteiger partial charge in [-0.25, -0.2) is 4.98 Å². The lowest BCUT2D eigenvalue weighted by atomic mass is 10.2. The van der Waals surface area contributed by atoms with E-state index in [-0.39, 0.29) is 11.9 Å². The highest BCUT2D eigenvalue weighted by Gasteiger charge is 2.15. The Morgan fingerprint density at radius 3 is 2.81 bits per heavy atom. The molecule has 1 aromatic carbocycles. The van der Waals surface area contributed by atoms with Gasteiger partial charge >= 0.3 is 0 Å². The number of amides is 1. The number of carbonyl (C=O) groups is 1. The summed E-state index contributed by atoms with van der Waals surface area (Å²) in [5, 5.41) is 5.02. The van der Waals surface area contributed by atoms with Crippen LogP contribution in [0.1, 0.15) is 23.5 Å². The van der Waals surface area contributed by atoms with E-state index in [0.717, 1.165) is 31.1 Å². The van der Waals surface area contributed by atoms with Gasteiger partial charge in [0, 0.05) is 27.7 Å². The zero-order chi connectivity index (χ0) is 18.1. The number of aromatic nitrogens is 2. The summed E-state index contributed by atoms with van der Waals surface area (Å²) in [6.45, 7) is 1.97. The summed E-state index contributed by atoms with van der Waals surface area (Å²) in [6.07, 6.45) is 2.31. The van der Waals surface area contributed by atoms with Gasteiger partial charge in [-0.15, -0.1) is 22.7 Å². The van der Waals surface area contributed by atoms with Crippen LogP contribution in [0, 0.1) is 0 Å². The molecule has 4 nitrogen and oxygen atoms in total. The fraction of sp³-hybridized carbons (Fsp3) is 0.158. The highest BCUT2D eigenvalue weighted by atomic mass is 35.5. The number of nitrogens with one attached hydrogen (secondary N) is 1. The third-order valence-corrected chi connectivity index (χ3v) is 6.40. The normalized spacial score (nSPS) is 12.4. The topological polar surface area (TPSA) is 46.4 Å². The minimum atomic E-state index is -0.0585. The molecular formula is C19H16ClN3OS2. The number of benzene rings is 1. The number of fused-ring (bicyclic) bond motifs is 1. The summed E-state index contributed by atoms with van der Waals surface area (Å²) >= 11 is 9.00. The number of nitrogens with zero attached hydrogens (tertiary/aromatic N) is 2. The first-order valence-corrected chi connectivity index (χ1v) is 10.2. The van der Waals surface area contributed by atoms with Gasteiger partial charge in [0.15, 0.2) is 4.96 Å². The van der Waals surface area contributed by atoms with Crippen LogP contribution in [-0.4, -0.2) is 15.3 Å². The van der Waals surface area contributed by atoms with Crippen molar-refractivity contribution in [3.05, 3.63) is 68.9 Å². The standard InChI is InChI=1S/C19H16ClN3OS2/c1-12(16-7-8-17(20)26-16)21-18(24)9-14-11-25-19-22-15(10-23(14)19)13-5-3-2-4-6-13/h2-8,10-12H,9H2,1H3,(H,21,24). The Morgan fingerprint density at radius 2 is 2.08 bits per heavy atom. The smallest absolute Gasteiger partial charge is 0.226 e. The Balaban J connectivity index is 1.50. The number of imidazole rings is 1. The van der Waals surface area contributed by atoms with Crippen molar-refractivity contribution < 1.29 is 4.79 Å². The minimum absolute atomic E-state index is 0.0170. The Bertz CT molecular complexity index is 1050. The molecule has 26 heavy (non-hydrogen) atoms. The molecule has 1 N–H and O–H groups in total. The predicted octanol–water partition coefficient (Wildman–Crippen LogP) is 5.20. The van der Waals surface area contributed by atoms with E-state index in [1.165, 1.54) is 11.3 Å². The van der Waals surface area contributed by atoms with Crippen LogP contribution in [0.15, 0.2) is 54.0 Å². The summed E-state index contributed by atoms with van der Waals surface area (Å²) in [5.74, 6) is -0.0170. The van der Waals surface area contributed by atoms with E-state index in [4.69, 9.17) is 11.6 Å². The van der Waals surface area contributed by atoms with Gasteiger partial charge in [-0.1, -0.05) is 41.9 Å². The SMILES string of the molecule is CC(NC(=O)Cc1csc2nc(-c3ccccc3)cn12)c1ccc(Cl)s1. The van der Waals surface area contributed by atoms with E-state index in [2.05, 4.69) is 10.3 Å². The number of hydrogen-bond acceptors (Lipinski definition) is 4. The van der Waals surface area contributed by atoms with E-state index in [1.807, 2.05) is 65.4 Å². The fourth-order valence-corrected chi connectivity index (χ4v) is 4.73. The molecule has 1 amide bonds. The van der Waals surface area contributed by atoms with E-state index < -0.39 is 0 Å². The van der Waals surface area contributed by atoms with Crippen LogP contribution >= 0.6 is 34.3 Å². The summed E-state index contributed by atoms with van der Waals surface area (Å²) in [5.41, 5.74) is 2.93.